The van der Waals surface area contributed by atoms with Crippen molar-refractivity contribution in [2.75, 3.05) is 32.0 Å². The van der Waals surface area contributed by atoms with Gasteiger partial charge in [0, 0.05) is 62.7 Å². The maximum absolute atomic E-state index is 16.0. The Hall–Kier alpha value is -4.79. The zero-order valence-corrected chi connectivity index (χ0v) is 31.1. The number of aromatic nitrogens is 3. The third-order valence-electron chi connectivity index (χ3n) is 11.2. The van der Waals surface area contributed by atoms with Crippen LogP contribution in [0.3, 0.4) is 0 Å². The minimum Gasteiger partial charge on any atom is -0.384 e. The van der Waals surface area contributed by atoms with Crippen LogP contribution in [-0.4, -0.2) is 93.2 Å². The molecule has 6 rings (SSSR count). The Morgan fingerprint density at radius 2 is 1.72 bits per heavy atom. The van der Waals surface area contributed by atoms with Gasteiger partial charge in [-0.1, -0.05) is 19.9 Å². The summed E-state index contributed by atoms with van der Waals surface area (Å²) in [6.45, 7) is 9.45. The van der Waals surface area contributed by atoms with Crippen molar-refractivity contribution in [3.05, 3.63) is 69.7 Å². The van der Waals surface area contributed by atoms with E-state index in [2.05, 4.69) is 31.1 Å². The molecule has 2 aromatic heterocycles. The van der Waals surface area contributed by atoms with Crippen LogP contribution < -0.4 is 21.5 Å². The summed E-state index contributed by atoms with van der Waals surface area (Å²) in [5.41, 5.74) is 0.353. The van der Waals surface area contributed by atoms with Crippen molar-refractivity contribution in [1.82, 2.24) is 35.4 Å². The molecule has 3 fully saturated rings. The molecule has 0 radical (unpaired) electrons. The normalized spacial score (nSPS) is 20.1. The molecule has 53 heavy (non-hydrogen) atoms. The number of amides is 4. The number of carbonyl (C=O) groups is 4. The van der Waals surface area contributed by atoms with Crippen molar-refractivity contribution in [2.24, 2.45) is 23.7 Å². The molecule has 0 bridgehead atoms. The molecule has 4 amide bonds. The molecule has 286 valence electrons. The van der Waals surface area contributed by atoms with E-state index in [0.29, 0.717) is 55.0 Å². The molecule has 15 heteroatoms. The van der Waals surface area contributed by atoms with Gasteiger partial charge >= 0.3 is 0 Å². The quantitative estimate of drug-likeness (QED) is 0.184. The van der Waals surface area contributed by atoms with Crippen molar-refractivity contribution in [1.29, 1.82) is 0 Å². The van der Waals surface area contributed by atoms with Gasteiger partial charge in [0.15, 0.2) is 0 Å². The Kier molecular flexibility index (Phi) is 11.5. The molecule has 3 aliphatic rings. The molecule has 5 atom stereocenters. The zero-order valence-electron chi connectivity index (χ0n) is 31.1. The molecular weight excluding hydrogens is 683 g/mol. The number of halogens is 1. The summed E-state index contributed by atoms with van der Waals surface area (Å²) < 4.78 is 22.7. The highest BCUT2D eigenvalue weighted by Crippen LogP contribution is 2.51. The zero-order chi connectivity index (χ0) is 38.0. The molecule has 2 aliphatic carbocycles. The number of aromatic amines is 1. The predicted molar refractivity (Wildman–Crippen MR) is 194 cm³/mol. The molecule has 4 N–H and O–H groups in total. The highest BCUT2D eigenvalue weighted by Gasteiger charge is 2.48. The van der Waals surface area contributed by atoms with Crippen LogP contribution in [0.1, 0.15) is 81.1 Å². The number of hydrogen-bond donors (Lipinski definition) is 4. The molecule has 2 saturated carbocycles. The van der Waals surface area contributed by atoms with E-state index in [9.17, 15) is 24.0 Å². The standard InChI is InChI=1S/C38H51FN8O6/c1-6-47-30(13-14-40-47)36(50)43-34(32(24-7-8-24)25-9-10-25)37(51)41-29-12-11-26(18-28(29)39)23(4)33(38(52)46-16-15-45(5)22(3)20-46)42-35(49)21(2)17-27-19-31(48)44-53-27/h11-14,18-19,21-25,32-34H,6-10,15-17,20H2,1-5H3,(H,41,51)(H,42,49)(H,43,50)(H,44,48)/t21?,22-,23+,33-,34+/m1/s1. The van der Waals surface area contributed by atoms with Crippen molar-refractivity contribution in [3.8, 4) is 0 Å². The first-order valence-corrected chi connectivity index (χ1v) is 18.7. The third kappa shape index (κ3) is 8.89. The van der Waals surface area contributed by atoms with Gasteiger partial charge in [0.1, 0.15) is 29.4 Å². The molecule has 1 saturated heterocycles. The average molecular weight is 735 g/mol. The summed E-state index contributed by atoms with van der Waals surface area (Å²) in [6.07, 6.45) is 5.63. The molecule has 0 spiro atoms. The first-order valence-electron chi connectivity index (χ1n) is 18.7. The van der Waals surface area contributed by atoms with E-state index >= 15 is 4.39 Å². The number of carbonyl (C=O) groups excluding carboxylic acids is 4. The first kappa shape index (κ1) is 38.0. The molecule has 14 nitrogen and oxygen atoms in total. The van der Waals surface area contributed by atoms with E-state index in [4.69, 9.17) is 4.52 Å². The van der Waals surface area contributed by atoms with Crippen molar-refractivity contribution in [2.45, 2.75) is 90.4 Å². The minimum atomic E-state index is -1.02. The second-order valence-electron chi connectivity index (χ2n) is 15.1. The molecule has 1 unspecified atom stereocenters. The fourth-order valence-corrected chi connectivity index (χ4v) is 7.50. The lowest BCUT2D eigenvalue weighted by atomic mass is 9.88. The minimum absolute atomic E-state index is 0.0458. The van der Waals surface area contributed by atoms with Crippen molar-refractivity contribution in [3.63, 3.8) is 0 Å². The summed E-state index contributed by atoms with van der Waals surface area (Å²) in [5.74, 6) is -2.67. The van der Waals surface area contributed by atoms with Crippen LogP contribution in [0.4, 0.5) is 10.1 Å². The topological polar surface area (TPSA) is 175 Å². The van der Waals surface area contributed by atoms with Crippen molar-refractivity contribution < 1.29 is 28.1 Å². The molecular formula is C38H51FN8O6. The maximum atomic E-state index is 16.0. The van der Waals surface area contributed by atoms with Gasteiger partial charge in [-0.3, -0.25) is 28.7 Å². The lowest BCUT2D eigenvalue weighted by Gasteiger charge is -2.40. The number of anilines is 1. The molecule has 1 aliphatic heterocycles. The summed E-state index contributed by atoms with van der Waals surface area (Å²) in [6, 6.07) is 5.51. The first-order chi connectivity index (χ1) is 25.3. The van der Waals surface area contributed by atoms with Crippen molar-refractivity contribution >= 4 is 29.3 Å². The Bertz CT molecular complexity index is 1850. The Morgan fingerprint density at radius 1 is 1.00 bits per heavy atom. The van der Waals surface area contributed by atoms with Crippen LogP contribution >= 0.6 is 0 Å². The van der Waals surface area contributed by atoms with Crippen LogP contribution in [-0.2, 0) is 27.3 Å². The fourth-order valence-electron chi connectivity index (χ4n) is 7.50. The van der Waals surface area contributed by atoms with Gasteiger partial charge in [-0.05, 0) is 88.1 Å². The van der Waals surface area contributed by atoms with Gasteiger partial charge in [0.2, 0.25) is 17.7 Å². The number of piperazine rings is 1. The van der Waals surface area contributed by atoms with E-state index in [1.165, 1.54) is 18.2 Å². The fraction of sp³-hybridized carbons (Fsp3) is 0.579. The van der Waals surface area contributed by atoms with E-state index in [0.717, 1.165) is 25.7 Å². The number of aryl methyl sites for hydroxylation is 1. The molecule has 3 heterocycles. The van der Waals surface area contributed by atoms with Crippen LogP contribution in [0.5, 0.6) is 0 Å². The Morgan fingerprint density at radius 3 is 2.32 bits per heavy atom. The Labute approximate surface area is 308 Å². The third-order valence-corrected chi connectivity index (χ3v) is 11.2. The number of rotatable bonds is 15. The lowest BCUT2D eigenvalue weighted by molar-refractivity contribution is -0.140. The number of benzene rings is 1. The summed E-state index contributed by atoms with van der Waals surface area (Å²) >= 11 is 0. The average Bonchev–Trinajstić information content (AvgIpc) is 4.07. The van der Waals surface area contributed by atoms with Gasteiger partial charge in [-0.25, -0.2) is 4.39 Å². The smallest absolute Gasteiger partial charge is 0.280 e. The lowest BCUT2D eigenvalue weighted by Crippen LogP contribution is -2.58. The summed E-state index contributed by atoms with van der Waals surface area (Å²) in [7, 11) is 1.99. The second kappa shape index (κ2) is 16.1. The molecule has 3 aromatic rings. The number of nitrogens with one attached hydrogen (secondary N) is 4. The largest absolute Gasteiger partial charge is 0.384 e. The van der Waals surface area contributed by atoms with Crippen LogP contribution in [0.25, 0.3) is 0 Å². The number of H-pyrrole nitrogens is 1. The highest BCUT2D eigenvalue weighted by atomic mass is 19.1. The van der Waals surface area contributed by atoms with E-state index in [-0.39, 0.29) is 30.0 Å². The van der Waals surface area contributed by atoms with Gasteiger partial charge in [-0.2, -0.15) is 10.3 Å². The highest BCUT2D eigenvalue weighted by molar-refractivity contribution is 6.01. The summed E-state index contributed by atoms with van der Waals surface area (Å²) in [4.78, 5) is 70.3. The SMILES string of the molecule is CCn1nccc1C(=O)N[C@H](C(=O)Nc1ccc([C@H](C)[C@@H](NC(=O)C(C)Cc2cc(=O)[nH]o2)C(=O)N2CCN(C)[C@H](C)C2)cc1F)C(C1CC1)C1CC1. The monoisotopic (exact) mass is 734 g/mol. The maximum Gasteiger partial charge on any atom is 0.280 e. The second-order valence-corrected chi connectivity index (χ2v) is 15.1. The number of likely N-dealkylation sites (N-methyl/N-ethyl adjacent to an activating group) is 1. The van der Waals surface area contributed by atoms with E-state index in [1.54, 1.807) is 41.8 Å². The van der Waals surface area contributed by atoms with Gasteiger partial charge in [-0.15, -0.1) is 0 Å². The number of hydrogen-bond acceptors (Lipinski definition) is 8. The van der Waals surface area contributed by atoms with Crippen LogP contribution in [0.15, 0.2) is 45.8 Å². The van der Waals surface area contributed by atoms with Gasteiger partial charge < -0.3 is 30.3 Å². The predicted octanol–water partition coefficient (Wildman–Crippen LogP) is 3.13. The van der Waals surface area contributed by atoms with Gasteiger partial charge in [0.05, 0.1) is 5.69 Å². The number of nitrogens with zero attached hydrogens (tertiary/aromatic N) is 4. The molecule has 1 aromatic carbocycles. The van der Waals surface area contributed by atoms with E-state index < -0.39 is 53.0 Å². The van der Waals surface area contributed by atoms with Crippen LogP contribution in [0.2, 0.25) is 0 Å². The van der Waals surface area contributed by atoms with Gasteiger partial charge in [0.25, 0.3) is 11.5 Å². The van der Waals surface area contributed by atoms with Crippen LogP contribution in [0, 0.1) is 29.5 Å². The summed E-state index contributed by atoms with van der Waals surface area (Å²) in [5, 5.41) is 15.0. The van der Waals surface area contributed by atoms with E-state index in [1.807, 2.05) is 20.9 Å². The Balaban J connectivity index is 1.20.